The molecule has 1 aromatic carbocycles. The van der Waals surface area contributed by atoms with Gasteiger partial charge in [-0.05, 0) is 6.42 Å². The van der Waals surface area contributed by atoms with Crippen LogP contribution in [-0.2, 0) is 11.2 Å². The van der Waals surface area contributed by atoms with Crippen molar-refractivity contribution in [1.82, 2.24) is 0 Å². The maximum atomic E-state index is 13.4. The van der Waals surface area contributed by atoms with Gasteiger partial charge in [0.15, 0.2) is 0 Å². The summed E-state index contributed by atoms with van der Waals surface area (Å²) in [5, 5.41) is 8.49. The van der Waals surface area contributed by atoms with E-state index in [-0.39, 0.29) is 5.75 Å². The largest absolute Gasteiger partial charge is 0.493 e. The lowest BCUT2D eigenvalue weighted by Crippen LogP contribution is -2.06. The summed E-state index contributed by atoms with van der Waals surface area (Å²) in [7, 11) is 0. The molecule has 0 bridgehead atoms. The number of unbranched alkanes of at least 4 members (excludes halogenated alkanes) is 1. The van der Waals surface area contributed by atoms with E-state index in [0.717, 1.165) is 25.0 Å². The van der Waals surface area contributed by atoms with Crippen LogP contribution in [0.25, 0.3) is 0 Å². The zero-order chi connectivity index (χ0) is 12.8. The standard InChI is InChI=1S/C12H14F2O3/c1-2-3-4-17-8-5-10(13)9(7-12(15)16)11(14)6-8/h5-6H,2-4,7H2,1H3,(H,15,16). The van der Waals surface area contributed by atoms with Gasteiger partial charge in [0.05, 0.1) is 13.0 Å². The van der Waals surface area contributed by atoms with Crippen molar-refractivity contribution in [3.63, 3.8) is 0 Å². The monoisotopic (exact) mass is 244 g/mol. The Bertz CT molecular complexity index is 382. The molecule has 0 amide bonds. The Morgan fingerprint density at radius 1 is 1.35 bits per heavy atom. The molecule has 0 aliphatic carbocycles. The second kappa shape index (κ2) is 6.18. The van der Waals surface area contributed by atoms with Gasteiger partial charge in [0.1, 0.15) is 17.4 Å². The van der Waals surface area contributed by atoms with Gasteiger partial charge >= 0.3 is 5.97 Å². The van der Waals surface area contributed by atoms with Gasteiger partial charge in [-0.25, -0.2) is 8.78 Å². The van der Waals surface area contributed by atoms with E-state index in [0.29, 0.717) is 6.61 Å². The Morgan fingerprint density at radius 3 is 2.41 bits per heavy atom. The molecule has 0 atom stereocenters. The quantitative estimate of drug-likeness (QED) is 0.783. The Kier molecular flexibility index (Phi) is 4.87. The zero-order valence-electron chi connectivity index (χ0n) is 9.50. The number of hydrogen-bond acceptors (Lipinski definition) is 2. The lowest BCUT2D eigenvalue weighted by molar-refractivity contribution is -0.136. The fourth-order valence-electron chi connectivity index (χ4n) is 1.32. The molecule has 0 spiro atoms. The minimum absolute atomic E-state index is 0.0857. The highest BCUT2D eigenvalue weighted by Crippen LogP contribution is 2.21. The number of ether oxygens (including phenoxy) is 1. The second-order valence-corrected chi connectivity index (χ2v) is 3.64. The highest BCUT2D eigenvalue weighted by molar-refractivity contribution is 5.70. The van der Waals surface area contributed by atoms with Gasteiger partial charge in [-0.15, -0.1) is 0 Å². The van der Waals surface area contributed by atoms with Gasteiger partial charge in [-0.1, -0.05) is 13.3 Å². The fraction of sp³-hybridized carbons (Fsp3) is 0.417. The van der Waals surface area contributed by atoms with Crippen LogP contribution in [0.1, 0.15) is 25.3 Å². The van der Waals surface area contributed by atoms with Gasteiger partial charge in [0, 0.05) is 17.7 Å². The predicted octanol–water partition coefficient (Wildman–Crippen LogP) is 2.77. The molecule has 0 heterocycles. The second-order valence-electron chi connectivity index (χ2n) is 3.64. The van der Waals surface area contributed by atoms with E-state index in [1.807, 2.05) is 6.92 Å². The van der Waals surface area contributed by atoms with Crippen molar-refractivity contribution in [2.45, 2.75) is 26.2 Å². The van der Waals surface area contributed by atoms with Gasteiger partial charge in [-0.2, -0.15) is 0 Å². The molecule has 0 fully saturated rings. The lowest BCUT2D eigenvalue weighted by Gasteiger charge is -2.08. The van der Waals surface area contributed by atoms with Crippen LogP contribution in [0.3, 0.4) is 0 Å². The van der Waals surface area contributed by atoms with Crippen LogP contribution in [0.5, 0.6) is 5.75 Å². The van der Waals surface area contributed by atoms with Crippen molar-refractivity contribution in [1.29, 1.82) is 0 Å². The Balaban J connectivity index is 2.81. The molecule has 1 rings (SSSR count). The van der Waals surface area contributed by atoms with E-state index in [2.05, 4.69) is 0 Å². The first-order chi connectivity index (χ1) is 8.04. The maximum Gasteiger partial charge on any atom is 0.308 e. The molecule has 94 valence electrons. The summed E-state index contributed by atoms with van der Waals surface area (Å²) in [6.45, 7) is 2.36. The summed E-state index contributed by atoms with van der Waals surface area (Å²) in [5.74, 6) is -2.97. The van der Waals surface area contributed by atoms with E-state index in [1.54, 1.807) is 0 Å². The summed E-state index contributed by atoms with van der Waals surface area (Å²) in [5.41, 5.74) is -0.444. The normalized spacial score (nSPS) is 10.3. The molecule has 0 radical (unpaired) electrons. The topological polar surface area (TPSA) is 46.5 Å². The molecule has 1 aromatic rings. The number of benzene rings is 1. The van der Waals surface area contributed by atoms with Crippen LogP contribution < -0.4 is 4.74 Å². The van der Waals surface area contributed by atoms with Crippen LogP contribution >= 0.6 is 0 Å². The molecule has 0 aliphatic heterocycles. The first-order valence-electron chi connectivity index (χ1n) is 5.37. The number of rotatable bonds is 6. The van der Waals surface area contributed by atoms with Crippen molar-refractivity contribution >= 4 is 5.97 Å². The highest BCUT2D eigenvalue weighted by atomic mass is 19.1. The summed E-state index contributed by atoms with van der Waals surface area (Å²) in [6, 6.07) is 2.02. The SMILES string of the molecule is CCCCOc1cc(F)c(CC(=O)O)c(F)c1. The Labute approximate surface area is 98.0 Å². The van der Waals surface area contributed by atoms with Gasteiger partial charge in [0.25, 0.3) is 0 Å². The molecule has 3 nitrogen and oxygen atoms in total. The fourth-order valence-corrected chi connectivity index (χ4v) is 1.32. The number of halogens is 2. The number of hydrogen-bond donors (Lipinski definition) is 1. The van der Waals surface area contributed by atoms with Crippen molar-refractivity contribution in [3.05, 3.63) is 29.3 Å². The molecular formula is C12H14F2O3. The number of carboxylic acid groups (broad SMARTS) is 1. The highest BCUT2D eigenvalue weighted by Gasteiger charge is 2.14. The molecule has 0 aromatic heterocycles. The summed E-state index contributed by atoms with van der Waals surface area (Å²) < 4.78 is 31.9. The molecule has 0 saturated heterocycles. The molecule has 5 heteroatoms. The number of aliphatic carboxylic acids is 1. The van der Waals surface area contributed by atoms with Crippen LogP contribution in [0.4, 0.5) is 8.78 Å². The molecule has 0 saturated carbocycles. The van der Waals surface area contributed by atoms with Crippen molar-refractivity contribution in [3.8, 4) is 5.75 Å². The van der Waals surface area contributed by atoms with Crippen LogP contribution in [0, 0.1) is 11.6 Å². The molecular weight excluding hydrogens is 230 g/mol. The molecule has 0 unspecified atom stereocenters. The Hall–Kier alpha value is -1.65. The average molecular weight is 244 g/mol. The van der Waals surface area contributed by atoms with Crippen molar-refractivity contribution in [2.24, 2.45) is 0 Å². The van der Waals surface area contributed by atoms with Crippen molar-refractivity contribution < 1.29 is 23.4 Å². The van der Waals surface area contributed by atoms with Crippen LogP contribution in [0.2, 0.25) is 0 Å². The minimum atomic E-state index is -1.28. The molecule has 1 N–H and O–H groups in total. The first-order valence-corrected chi connectivity index (χ1v) is 5.37. The lowest BCUT2D eigenvalue weighted by atomic mass is 10.1. The summed E-state index contributed by atoms with van der Waals surface area (Å²) in [4.78, 5) is 10.4. The smallest absolute Gasteiger partial charge is 0.308 e. The number of carboxylic acids is 1. The van der Waals surface area contributed by atoms with E-state index < -0.39 is 29.6 Å². The predicted molar refractivity (Wildman–Crippen MR) is 58.1 cm³/mol. The van der Waals surface area contributed by atoms with Gasteiger partial charge in [-0.3, -0.25) is 4.79 Å². The summed E-state index contributed by atoms with van der Waals surface area (Å²) >= 11 is 0. The van der Waals surface area contributed by atoms with Gasteiger partial charge < -0.3 is 9.84 Å². The third kappa shape index (κ3) is 4.01. The number of carbonyl (C=O) groups is 1. The zero-order valence-corrected chi connectivity index (χ0v) is 9.50. The third-order valence-electron chi connectivity index (χ3n) is 2.21. The van der Waals surface area contributed by atoms with Gasteiger partial charge in [0.2, 0.25) is 0 Å². The average Bonchev–Trinajstić information content (AvgIpc) is 2.24. The van der Waals surface area contributed by atoms with E-state index in [4.69, 9.17) is 9.84 Å². The van der Waals surface area contributed by atoms with Crippen LogP contribution in [-0.4, -0.2) is 17.7 Å². The molecule has 17 heavy (non-hydrogen) atoms. The minimum Gasteiger partial charge on any atom is -0.493 e. The van der Waals surface area contributed by atoms with Crippen molar-refractivity contribution in [2.75, 3.05) is 6.61 Å². The Morgan fingerprint density at radius 2 is 1.94 bits per heavy atom. The maximum absolute atomic E-state index is 13.4. The van der Waals surface area contributed by atoms with Crippen LogP contribution in [0.15, 0.2) is 12.1 Å². The molecule has 0 aliphatic rings. The third-order valence-corrected chi connectivity index (χ3v) is 2.21. The van der Waals surface area contributed by atoms with E-state index in [1.165, 1.54) is 0 Å². The first kappa shape index (κ1) is 13.4. The van der Waals surface area contributed by atoms with E-state index in [9.17, 15) is 13.6 Å². The summed E-state index contributed by atoms with van der Waals surface area (Å²) in [6.07, 6.45) is 1.04. The van der Waals surface area contributed by atoms with E-state index >= 15 is 0 Å².